The Morgan fingerprint density at radius 3 is 2.62 bits per heavy atom. The Kier molecular flexibility index (Phi) is 9.69. The van der Waals surface area contributed by atoms with Crippen LogP contribution in [-0.4, -0.2) is 13.3 Å². The van der Waals surface area contributed by atoms with Gasteiger partial charge >= 0.3 is 0 Å². The number of hydrogen-bond donors (Lipinski definition) is 0. The normalized spacial score (nSPS) is 14.2. The Hall–Kier alpha value is -1.11. The van der Waals surface area contributed by atoms with Crippen molar-refractivity contribution >= 4 is 6.21 Å². The van der Waals surface area contributed by atoms with Gasteiger partial charge in [-0.1, -0.05) is 48.8 Å². The SMILES string of the molecule is CCCC/C(C)=C\C=C\C(C)=CCC=NC. The van der Waals surface area contributed by atoms with Crippen LogP contribution >= 0.6 is 0 Å². The first kappa shape index (κ1) is 14.9. The molecular weight excluding hydrogens is 194 g/mol. The molecule has 0 saturated carbocycles. The van der Waals surface area contributed by atoms with E-state index in [4.69, 9.17) is 0 Å². The van der Waals surface area contributed by atoms with Crippen LogP contribution in [0.4, 0.5) is 0 Å². The van der Waals surface area contributed by atoms with Gasteiger partial charge in [0, 0.05) is 19.7 Å². The van der Waals surface area contributed by atoms with E-state index in [2.05, 4.69) is 50.1 Å². The third kappa shape index (κ3) is 9.45. The van der Waals surface area contributed by atoms with E-state index in [0.29, 0.717) is 0 Å². The van der Waals surface area contributed by atoms with Crippen LogP contribution in [0.1, 0.15) is 46.5 Å². The van der Waals surface area contributed by atoms with E-state index in [1.807, 2.05) is 6.21 Å². The maximum Gasteiger partial charge on any atom is 0.0273 e. The number of aliphatic imine (C=N–C) groups is 1. The molecule has 0 amide bonds. The molecule has 1 heteroatoms. The molecule has 0 N–H and O–H groups in total. The summed E-state index contributed by atoms with van der Waals surface area (Å²) in [7, 11) is 1.80. The van der Waals surface area contributed by atoms with Crippen molar-refractivity contribution in [1.82, 2.24) is 0 Å². The van der Waals surface area contributed by atoms with E-state index in [1.54, 1.807) is 7.05 Å². The Balaban J connectivity index is 4.02. The number of nitrogens with zero attached hydrogens (tertiary/aromatic N) is 1. The number of rotatable bonds is 7. The maximum atomic E-state index is 3.94. The summed E-state index contributed by atoms with van der Waals surface area (Å²) in [4.78, 5) is 3.94. The van der Waals surface area contributed by atoms with Crippen molar-refractivity contribution in [3.05, 3.63) is 35.5 Å². The topological polar surface area (TPSA) is 12.4 Å². The van der Waals surface area contributed by atoms with Crippen LogP contribution in [0.25, 0.3) is 0 Å². The van der Waals surface area contributed by atoms with Gasteiger partial charge in [0.15, 0.2) is 0 Å². The first-order chi connectivity index (χ1) is 7.70. The zero-order valence-corrected chi connectivity index (χ0v) is 11.2. The highest BCUT2D eigenvalue weighted by molar-refractivity contribution is 5.59. The molecule has 0 saturated heterocycles. The van der Waals surface area contributed by atoms with Gasteiger partial charge in [-0.15, -0.1) is 0 Å². The Bertz CT molecular complexity index is 280. The highest BCUT2D eigenvalue weighted by atomic mass is 14.6. The molecule has 16 heavy (non-hydrogen) atoms. The van der Waals surface area contributed by atoms with Crippen molar-refractivity contribution in [3.63, 3.8) is 0 Å². The molecule has 1 nitrogen and oxygen atoms in total. The lowest BCUT2D eigenvalue weighted by molar-refractivity contribution is 0.787. The smallest absolute Gasteiger partial charge is 0.0273 e. The molecule has 0 spiro atoms. The zero-order valence-electron chi connectivity index (χ0n) is 11.2. The fourth-order valence-corrected chi connectivity index (χ4v) is 1.32. The predicted molar refractivity (Wildman–Crippen MR) is 75.2 cm³/mol. The van der Waals surface area contributed by atoms with Crippen molar-refractivity contribution in [2.45, 2.75) is 46.5 Å². The summed E-state index contributed by atoms with van der Waals surface area (Å²) in [6.45, 7) is 6.54. The molecule has 0 unspecified atom stereocenters. The van der Waals surface area contributed by atoms with Crippen LogP contribution in [0.3, 0.4) is 0 Å². The molecule has 0 aliphatic rings. The molecule has 0 aliphatic heterocycles. The van der Waals surface area contributed by atoms with Gasteiger partial charge in [0.1, 0.15) is 0 Å². The first-order valence-electron chi connectivity index (χ1n) is 6.12. The van der Waals surface area contributed by atoms with Crippen LogP contribution in [0.2, 0.25) is 0 Å². The molecule has 0 bridgehead atoms. The molecular formula is C15H25N. The largest absolute Gasteiger partial charge is 0.301 e. The second-order valence-electron chi connectivity index (χ2n) is 4.10. The van der Waals surface area contributed by atoms with Crippen LogP contribution in [0.5, 0.6) is 0 Å². The minimum atomic E-state index is 0.922. The van der Waals surface area contributed by atoms with Gasteiger partial charge in [-0.3, -0.25) is 0 Å². The third-order valence-corrected chi connectivity index (χ3v) is 2.39. The van der Waals surface area contributed by atoms with Crippen molar-refractivity contribution in [3.8, 4) is 0 Å². The second-order valence-corrected chi connectivity index (χ2v) is 4.10. The number of unbranched alkanes of at least 4 members (excludes halogenated alkanes) is 1. The van der Waals surface area contributed by atoms with Gasteiger partial charge in [-0.05, 0) is 26.7 Å². The fourth-order valence-electron chi connectivity index (χ4n) is 1.32. The van der Waals surface area contributed by atoms with E-state index >= 15 is 0 Å². The quantitative estimate of drug-likeness (QED) is 0.434. The van der Waals surface area contributed by atoms with E-state index < -0.39 is 0 Å². The molecule has 0 atom stereocenters. The molecule has 0 fully saturated rings. The molecule has 0 aromatic heterocycles. The van der Waals surface area contributed by atoms with Crippen LogP contribution < -0.4 is 0 Å². The predicted octanol–water partition coefficient (Wildman–Crippen LogP) is 4.72. The molecule has 90 valence electrons. The molecule has 0 aromatic rings. The summed E-state index contributed by atoms with van der Waals surface area (Å²) >= 11 is 0. The van der Waals surface area contributed by atoms with Gasteiger partial charge in [0.25, 0.3) is 0 Å². The van der Waals surface area contributed by atoms with E-state index in [0.717, 1.165) is 6.42 Å². The molecule has 0 aliphatic carbocycles. The van der Waals surface area contributed by atoms with Crippen molar-refractivity contribution in [2.75, 3.05) is 7.05 Å². The maximum absolute atomic E-state index is 3.94. The highest BCUT2D eigenvalue weighted by Gasteiger charge is 1.86. The summed E-state index contributed by atoms with van der Waals surface area (Å²) in [5, 5.41) is 0. The minimum Gasteiger partial charge on any atom is -0.301 e. The Morgan fingerprint density at radius 1 is 1.25 bits per heavy atom. The van der Waals surface area contributed by atoms with Crippen LogP contribution in [-0.2, 0) is 0 Å². The van der Waals surface area contributed by atoms with Gasteiger partial charge in [0.2, 0.25) is 0 Å². The lowest BCUT2D eigenvalue weighted by atomic mass is 10.1. The first-order valence-corrected chi connectivity index (χ1v) is 6.12. The van der Waals surface area contributed by atoms with Crippen LogP contribution in [0, 0.1) is 0 Å². The second kappa shape index (κ2) is 10.4. The lowest BCUT2D eigenvalue weighted by Gasteiger charge is -1.96. The summed E-state index contributed by atoms with van der Waals surface area (Å²) in [5.74, 6) is 0. The van der Waals surface area contributed by atoms with Gasteiger partial charge in [-0.25, -0.2) is 0 Å². The number of hydrogen-bond acceptors (Lipinski definition) is 1. The van der Waals surface area contributed by atoms with E-state index in [-0.39, 0.29) is 0 Å². The summed E-state index contributed by atoms with van der Waals surface area (Å²) in [6.07, 6.45) is 15.3. The molecule has 0 aromatic carbocycles. The summed E-state index contributed by atoms with van der Waals surface area (Å²) in [6, 6.07) is 0. The average molecular weight is 219 g/mol. The zero-order chi connectivity index (χ0) is 12.2. The Labute approximate surface area is 101 Å². The monoisotopic (exact) mass is 219 g/mol. The lowest BCUT2D eigenvalue weighted by Crippen LogP contribution is -1.76. The molecule has 0 radical (unpaired) electrons. The standard InChI is InChI=1S/C15H25N/c1-5-6-9-14(2)10-7-11-15(3)12-8-13-16-4/h7,10-13H,5-6,8-9H2,1-4H3/b11-7+,14-10-,15-12?,16-13?. The average Bonchev–Trinajstić information content (AvgIpc) is 2.26. The van der Waals surface area contributed by atoms with Crippen LogP contribution in [0.15, 0.2) is 40.4 Å². The third-order valence-electron chi connectivity index (χ3n) is 2.39. The van der Waals surface area contributed by atoms with E-state index in [1.165, 1.54) is 30.4 Å². The number of allylic oxidation sites excluding steroid dienone is 6. The highest BCUT2D eigenvalue weighted by Crippen LogP contribution is 2.06. The summed E-state index contributed by atoms with van der Waals surface area (Å²) in [5.41, 5.74) is 2.75. The van der Waals surface area contributed by atoms with Crippen molar-refractivity contribution in [2.24, 2.45) is 4.99 Å². The van der Waals surface area contributed by atoms with Crippen molar-refractivity contribution in [1.29, 1.82) is 0 Å². The van der Waals surface area contributed by atoms with Gasteiger partial charge in [0.05, 0.1) is 0 Å². The summed E-state index contributed by atoms with van der Waals surface area (Å²) < 4.78 is 0. The van der Waals surface area contributed by atoms with E-state index in [9.17, 15) is 0 Å². The Morgan fingerprint density at radius 2 is 2.00 bits per heavy atom. The fraction of sp³-hybridized carbons (Fsp3) is 0.533. The van der Waals surface area contributed by atoms with Gasteiger partial charge < -0.3 is 4.99 Å². The molecule has 0 heterocycles. The minimum absolute atomic E-state index is 0.922. The van der Waals surface area contributed by atoms with Gasteiger partial charge in [-0.2, -0.15) is 0 Å². The molecule has 0 rings (SSSR count). The van der Waals surface area contributed by atoms with Crippen molar-refractivity contribution < 1.29 is 0 Å².